The third-order valence-corrected chi connectivity index (χ3v) is 4.25. The van der Waals surface area contributed by atoms with Gasteiger partial charge in [0.05, 0.1) is 24.7 Å². The van der Waals surface area contributed by atoms with E-state index < -0.39 is 0 Å². The number of carbonyl (C=O) groups excluding carboxylic acids is 1. The van der Waals surface area contributed by atoms with Crippen LogP contribution in [-0.2, 0) is 0 Å². The minimum atomic E-state index is -0.382. The number of benzene rings is 2. The molecule has 3 aromatic rings. The molecule has 0 aliphatic carbocycles. The summed E-state index contributed by atoms with van der Waals surface area (Å²) in [6, 6.07) is 12.7. The van der Waals surface area contributed by atoms with E-state index in [1.54, 1.807) is 36.4 Å². The lowest BCUT2D eigenvalue weighted by atomic mass is 10.2. The molecular formula is C20H17ClFN3O2. The first kappa shape index (κ1) is 18.7. The van der Waals surface area contributed by atoms with Crippen LogP contribution in [0.25, 0.3) is 0 Å². The third-order valence-electron chi connectivity index (χ3n) is 3.84. The summed E-state index contributed by atoms with van der Waals surface area (Å²) < 4.78 is 18.5. The molecule has 0 saturated carbocycles. The van der Waals surface area contributed by atoms with Crippen LogP contribution in [0.3, 0.4) is 0 Å². The lowest BCUT2D eigenvalue weighted by Crippen LogP contribution is -2.14. The van der Waals surface area contributed by atoms with Crippen LogP contribution in [0.2, 0.25) is 5.02 Å². The van der Waals surface area contributed by atoms with Gasteiger partial charge in [-0.05, 0) is 48.9 Å². The zero-order chi connectivity index (χ0) is 19.4. The van der Waals surface area contributed by atoms with E-state index in [0.29, 0.717) is 27.8 Å². The number of amides is 1. The van der Waals surface area contributed by atoms with Crippen molar-refractivity contribution in [3.05, 3.63) is 76.8 Å². The Morgan fingerprint density at radius 3 is 2.63 bits per heavy atom. The lowest BCUT2D eigenvalue weighted by molar-refractivity contribution is 0.102. The minimum Gasteiger partial charge on any atom is -0.495 e. The van der Waals surface area contributed by atoms with Crippen molar-refractivity contribution in [3.63, 3.8) is 0 Å². The molecule has 3 rings (SSSR count). The third kappa shape index (κ3) is 4.54. The van der Waals surface area contributed by atoms with Gasteiger partial charge in [-0.15, -0.1) is 0 Å². The number of pyridine rings is 1. The highest BCUT2D eigenvalue weighted by molar-refractivity contribution is 6.31. The summed E-state index contributed by atoms with van der Waals surface area (Å²) in [6.07, 6.45) is 1.50. The second-order valence-electron chi connectivity index (χ2n) is 5.82. The number of nitrogens with zero attached hydrogens (tertiary/aromatic N) is 1. The van der Waals surface area contributed by atoms with Crippen LogP contribution in [0.1, 0.15) is 16.1 Å². The van der Waals surface area contributed by atoms with E-state index in [1.165, 1.54) is 25.4 Å². The van der Waals surface area contributed by atoms with Crippen molar-refractivity contribution in [1.82, 2.24) is 4.98 Å². The molecule has 0 spiro atoms. The second-order valence-corrected chi connectivity index (χ2v) is 6.23. The van der Waals surface area contributed by atoms with E-state index >= 15 is 0 Å². The van der Waals surface area contributed by atoms with Gasteiger partial charge in [-0.2, -0.15) is 0 Å². The first-order chi connectivity index (χ1) is 13.0. The smallest absolute Gasteiger partial charge is 0.274 e. The first-order valence-corrected chi connectivity index (χ1v) is 8.48. The molecule has 2 aromatic carbocycles. The Kier molecular flexibility index (Phi) is 5.57. The van der Waals surface area contributed by atoms with Crippen LogP contribution < -0.4 is 15.4 Å². The number of ether oxygens (including phenoxy) is 1. The van der Waals surface area contributed by atoms with Crippen molar-refractivity contribution in [1.29, 1.82) is 0 Å². The van der Waals surface area contributed by atoms with Gasteiger partial charge in [0.25, 0.3) is 5.91 Å². The average Bonchev–Trinajstić information content (AvgIpc) is 2.65. The van der Waals surface area contributed by atoms with Crippen LogP contribution in [0.5, 0.6) is 5.75 Å². The average molecular weight is 386 g/mol. The summed E-state index contributed by atoms with van der Waals surface area (Å²) in [4.78, 5) is 16.6. The number of aryl methyl sites for hydroxylation is 1. The monoisotopic (exact) mass is 385 g/mol. The summed E-state index contributed by atoms with van der Waals surface area (Å²) in [6.45, 7) is 1.84. The number of hydrogen-bond acceptors (Lipinski definition) is 4. The predicted molar refractivity (Wildman–Crippen MR) is 105 cm³/mol. The molecule has 0 saturated heterocycles. The van der Waals surface area contributed by atoms with Crippen LogP contribution in [0.4, 0.5) is 21.5 Å². The van der Waals surface area contributed by atoms with Crippen molar-refractivity contribution in [2.75, 3.05) is 17.7 Å². The van der Waals surface area contributed by atoms with Crippen LogP contribution >= 0.6 is 11.6 Å². The molecule has 5 nitrogen and oxygen atoms in total. The van der Waals surface area contributed by atoms with Gasteiger partial charge in [0.15, 0.2) is 0 Å². The zero-order valence-corrected chi connectivity index (χ0v) is 15.5. The van der Waals surface area contributed by atoms with E-state index in [0.717, 1.165) is 5.56 Å². The summed E-state index contributed by atoms with van der Waals surface area (Å²) >= 11 is 6.08. The Labute approximate surface area is 161 Å². The number of carbonyl (C=O) groups is 1. The highest BCUT2D eigenvalue weighted by Gasteiger charge is 2.13. The molecule has 0 unspecified atom stereocenters. The number of nitrogens with one attached hydrogen (secondary N) is 2. The largest absolute Gasteiger partial charge is 0.495 e. The van der Waals surface area contributed by atoms with Gasteiger partial charge in [-0.1, -0.05) is 17.7 Å². The van der Waals surface area contributed by atoms with E-state index in [2.05, 4.69) is 15.6 Å². The molecule has 7 heteroatoms. The Hall–Kier alpha value is -3.12. The second kappa shape index (κ2) is 8.05. The van der Waals surface area contributed by atoms with Gasteiger partial charge in [-0.3, -0.25) is 4.79 Å². The first-order valence-electron chi connectivity index (χ1n) is 8.10. The Bertz CT molecular complexity index is 977. The van der Waals surface area contributed by atoms with Gasteiger partial charge < -0.3 is 15.4 Å². The Balaban J connectivity index is 1.73. The molecule has 138 valence electrons. The number of aromatic nitrogens is 1. The number of halogens is 2. The van der Waals surface area contributed by atoms with E-state index in [4.69, 9.17) is 16.3 Å². The summed E-state index contributed by atoms with van der Waals surface area (Å²) in [5.41, 5.74) is 2.78. The van der Waals surface area contributed by atoms with Crippen molar-refractivity contribution in [2.24, 2.45) is 0 Å². The highest BCUT2D eigenvalue weighted by atomic mass is 35.5. The molecule has 0 fully saturated rings. The molecule has 0 aliphatic heterocycles. The molecule has 0 radical (unpaired) electrons. The molecular weight excluding hydrogens is 369 g/mol. The molecule has 0 aliphatic rings. The Morgan fingerprint density at radius 2 is 1.96 bits per heavy atom. The van der Waals surface area contributed by atoms with Gasteiger partial charge in [0, 0.05) is 16.8 Å². The van der Waals surface area contributed by atoms with Gasteiger partial charge >= 0.3 is 0 Å². The molecule has 1 amide bonds. The quantitative estimate of drug-likeness (QED) is 0.634. The standard InChI is InChI=1S/C20H17ClFN3O2/c1-12-8-18(19(27-2)10-16(12)21)25-20(26)17-7-6-15(11-23-17)24-14-5-3-4-13(22)9-14/h3-11,24H,1-2H3,(H,25,26). The van der Waals surface area contributed by atoms with Crippen molar-refractivity contribution < 1.29 is 13.9 Å². The van der Waals surface area contributed by atoms with E-state index in [1.807, 2.05) is 6.92 Å². The number of rotatable bonds is 5. The maximum Gasteiger partial charge on any atom is 0.274 e. The maximum atomic E-state index is 13.2. The number of methoxy groups -OCH3 is 1. The van der Waals surface area contributed by atoms with E-state index in [9.17, 15) is 9.18 Å². The van der Waals surface area contributed by atoms with Gasteiger partial charge in [0.1, 0.15) is 17.3 Å². The van der Waals surface area contributed by atoms with Crippen molar-refractivity contribution in [3.8, 4) is 5.75 Å². The molecule has 0 atom stereocenters. The summed E-state index contributed by atoms with van der Waals surface area (Å²) in [7, 11) is 1.50. The summed E-state index contributed by atoms with van der Waals surface area (Å²) in [5.74, 6) is -0.258. The van der Waals surface area contributed by atoms with E-state index in [-0.39, 0.29) is 17.4 Å². The summed E-state index contributed by atoms with van der Waals surface area (Å²) in [5, 5.41) is 6.34. The van der Waals surface area contributed by atoms with Crippen LogP contribution in [0.15, 0.2) is 54.7 Å². The molecule has 27 heavy (non-hydrogen) atoms. The lowest BCUT2D eigenvalue weighted by Gasteiger charge is -2.12. The minimum absolute atomic E-state index is 0.231. The van der Waals surface area contributed by atoms with Gasteiger partial charge in [-0.25, -0.2) is 9.37 Å². The number of hydrogen-bond donors (Lipinski definition) is 2. The van der Waals surface area contributed by atoms with Crippen LogP contribution in [0, 0.1) is 12.7 Å². The van der Waals surface area contributed by atoms with Gasteiger partial charge in [0.2, 0.25) is 0 Å². The van der Waals surface area contributed by atoms with Crippen molar-refractivity contribution >= 4 is 34.6 Å². The fourth-order valence-electron chi connectivity index (χ4n) is 2.45. The molecule has 2 N–H and O–H groups in total. The molecule has 1 heterocycles. The highest BCUT2D eigenvalue weighted by Crippen LogP contribution is 2.31. The maximum absolute atomic E-state index is 13.2. The fraction of sp³-hybridized carbons (Fsp3) is 0.100. The SMILES string of the molecule is COc1cc(Cl)c(C)cc1NC(=O)c1ccc(Nc2cccc(F)c2)cn1. The normalized spacial score (nSPS) is 10.4. The molecule has 0 bridgehead atoms. The topological polar surface area (TPSA) is 63.2 Å². The fourth-order valence-corrected chi connectivity index (χ4v) is 2.60. The predicted octanol–water partition coefficient (Wildman–Crippen LogP) is 5.19. The van der Waals surface area contributed by atoms with Crippen molar-refractivity contribution in [2.45, 2.75) is 6.92 Å². The zero-order valence-electron chi connectivity index (χ0n) is 14.7. The Morgan fingerprint density at radius 1 is 1.15 bits per heavy atom. The van der Waals surface area contributed by atoms with Crippen LogP contribution in [-0.4, -0.2) is 18.0 Å². The molecule has 1 aromatic heterocycles. The number of anilines is 3.